The van der Waals surface area contributed by atoms with Gasteiger partial charge in [-0.25, -0.2) is 0 Å². The first kappa shape index (κ1) is 29.6. The summed E-state index contributed by atoms with van der Waals surface area (Å²) < 4.78 is 37.4. The fraction of sp³-hybridized carbons (Fsp3) is 0.733. The van der Waals surface area contributed by atoms with Gasteiger partial charge in [0.25, 0.3) is 0 Å². The minimum Gasteiger partial charge on any atom is -0.493 e. The van der Waals surface area contributed by atoms with E-state index in [1.165, 1.54) is 0 Å². The van der Waals surface area contributed by atoms with Crippen LogP contribution in [0.15, 0.2) is 18.2 Å². The Labute approximate surface area is 239 Å². The molecular formula is C30H53N3O6. The SMILES string of the molecule is [2H]C([2H])([2H])OCCCOc1cc(C[C@@H](C[C@H](N)[C@@H](O)C[C@H](C(=O)NCC(C)(C)C(N)=O)C(C)C)C(C)C)ccc1OC. The molecule has 9 heteroatoms. The molecule has 0 aliphatic rings. The maximum Gasteiger partial charge on any atom is 0.224 e. The van der Waals surface area contributed by atoms with Crippen LogP contribution >= 0.6 is 0 Å². The molecule has 0 bridgehead atoms. The standard InChI is InChI=1S/C30H53N3O6/c1-19(2)22(14-21-10-11-26(38-8)27(15-21)39-13-9-12-37-7)16-24(31)25(34)17-23(20(3)4)28(35)33-18-30(5,6)29(32)36/h10-11,15,19-20,22-25,34H,9,12-14,16-18,31H2,1-8H3,(H2,32,36)(H,33,35)/t22-,23-,24-,25-/m0/s1/i7D3. The molecule has 1 aromatic rings. The number of primary amides is 1. The fourth-order valence-electron chi connectivity index (χ4n) is 4.32. The van der Waals surface area contributed by atoms with Gasteiger partial charge in [-0.15, -0.1) is 0 Å². The van der Waals surface area contributed by atoms with Crippen molar-refractivity contribution >= 4 is 11.8 Å². The molecule has 1 rings (SSSR count). The monoisotopic (exact) mass is 554 g/mol. The molecule has 6 N–H and O–H groups in total. The summed E-state index contributed by atoms with van der Waals surface area (Å²) in [5.74, 6) is 0.296. The molecule has 39 heavy (non-hydrogen) atoms. The number of methoxy groups -OCH3 is 2. The predicted molar refractivity (Wildman–Crippen MR) is 155 cm³/mol. The van der Waals surface area contributed by atoms with Crippen LogP contribution in [0.4, 0.5) is 0 Å². The molecule has 0 heterocycles. The topological polar surface area (TPSA) is 146 Å². The molecular weight excluding hydrogens is 498 g/mol. The first-order chi connectivity index (χ1) is 19.4. The molecule has 0 spiro atoms. The number of rotatable bonds is 19. The number of benzene rings is 1. The third-order valence-corrected chi connectivity index (χ3v) is 7.39. The second-order valence-electron chi connectivity index (χ2n) is 11.8. The smallest absolute Gasteiger partial charge is 0.224 e. The van der Waals surface area contributed by atoms with Gasteiger partial charge < -0.3 is 36.1 Å². The van der Waals surface area contributed by atoms with Crippen LogP contribution in [-0.4, -0.2) is 63.0 Å². The van der Waals surface area contributed by atoms with Crippen molar-refractivity contribution in [2.45, 2.75) is 79.4 Å². The zero-order chi connectivity index (χ0) is 32.3. The number of aliphatic hydroxyl groups is 1. The van der Waals surface area contributed by atoms with E-state index in [1.54, 1.807) is 21.0 Å². The van der Waals surface area contributed by atoms with Crippen LogP contribution in [0.25, 0.3) is 0 Å². The van der Waals surface area contributed by atoms with Gasteiger partial charge in [0.2, 0.25) is 11.8 Å². The first-order valence-electron chi connectivity index (χ1n) is 15.3. The summed E-state index contributed by atoms with van der Waals surface area (Å²) in [6.07, 6.45) is 0.968. The van der Waals surface area contributed by atoms with E-state index in [-0.39, 0.29) is 49.8 Å². The second-order valence-corrected chi connectivity index (χ2v) is 11.8. The van der Waals surface area contributed by atoms with E-state index >= 15 is 0 Å². The molecule has 2 amide bonds. The van der Waals surface area contributed by atoms with Gasteiger partial charge in [-0.05, 0) is 68.6 Å². The summed E-state index contributed by atoms with van der Waals surface area (Å²) in [4.78, 5) is 24.6. The Hall–Kier alpha value is -2.36. The molecule has 0 fully saturated rings. The highest BCUT2D eigenvalue weighted by Gasteiger charge is 2.32. The van der Waals surface area contributed by atoms with Gasteiger partial charge in [-0.1, -0.05) is 33.8 Å². The van der Waals surface area contributed by atoms with E-state index in [0.29, 0.717) is 30.8 Å². The predicted octanol–water partition coefficient (Wildman–Crippen LogP) is 3.29. The number of hydrogen-bond donors (Lipinski definition) is 4. The van der Waals surface area contributed by atoms with Gasteiger partial charge >= 0.3 is 0 Å². The minimum atomic E-state index is -2.43. The molecule has 1 aromatic carbocycles. The molecule has 9 nitrogen and oxygen atoms in total. The van der Waals surface area contributed by atoms with E-state index in [0.717, 1.165) is 5.56 Å². The third-order valence-electron chi connectivity index (χ3n) is 7.39. The van der Waals surface area contributed by atoms with Crippen LogP contribution in [0.5, 0.6) is 11.5 Å². The maximum atomic E-state index is 13.0. The molecule has 0 saturated heterocycles. The zero-order valence-corrected chi connectivity index (χ0v) is 24.8. The van der Waals surface area contributed by atoms with Crippen molar-refractivity contribution in [1.82, 2.24) is 5.32 Å². The lowest BCUT2D eigenvalue weighted by atomic mass is 9.80. The Morgan fingerprint density at radius 1 is 1.10 bits per heavy atom. The lowest BCUT2D eigenvalue weighted by Crippen LogP contribution is -2.46. The Morgan fingerprint density at radius 3 is 2.36 bits per heavy atom. The van der Waals surface area contributed by atoms with Gasteiger partial charge in [0.15, 0.2) is 11.5 Å². The van der Waals surface area contributed by atoms with Crippen molar-refractivity contribution in [3.05, 3.63) is 23.8 Å². The number of ether oxygens (including phenoxy) is 3. The second kappa shape index (κ2) is 16.7. The van der Waals surface area contributed by atoms with Crippen molar-refractivity contribution in [3.63, 3.8) is 0 Å². The molecule has 0 aromatic heterocycles. The van der Waals surface area contributed by atoms with E-state index in [2.05, 4.69) is 19.2 Å². The summed E-state index contributed by atoms with van der Waals surface area (Å²) >= 11 is 0. The lowest BCUT2D eigenvalue weighted by molar-refractivity contribution is -0.130. The molecule has 0 radical (unpaired) electrons. The van der Waals surface area contributed by atoms with Crippen molar-refractivity contribution < 1.29 is 33.0 Å². The molecule has 224 valence electrons. The van der Waals surface area contributed by atoms with Crippen molar-refractivity contribution in [1.29, 1.82) is 0 Å². The Kier molecular flexibility index (Phi) is 12.7. The first-order valence-corrected chi connectivity index (χ1v) is 13.8. The molecule has 0 aliphatic carbocycles. The number of nitrogens with one attached hydrogen (secondary N) is 1. The van der Waals surface area contributed by atoms with Crippen molar-refractivity contribution in [2.24, 2.45) is 40.6 Å². The highest BCUT2D eigenvalue weighted by molar-refractivity contribution is 5.83. The van der Waals surface area contributed by atoms with Gasteiger partial charge in [0.1, 0.15) is 0 Å². The third kappa shape index (κ3) is 11.7. The number of aliphatic hydroxyl groups excluding tert-OH is 1. The number of carbonyl (C=O) groups is 2. The minimum absolute atomic E-state index is 0.0396. The average Bonchev–Trinajstić information content (AvgIpc) is 2.88. The van der Waals surface area contributed by atoms with Crippen LogP contribution in [0, 0.1) is 29.1 Å². The van der Waals surface area contributed by atoms with E-state index in [1.807, 2.05) is 32.0 Å². The lowest BCUT2D eigenvalue weighted by Gasteiger charge is -2.30. The molecule has 0 aliphatic heterocycles. The van der Waals surface area contributed by atoms with Crippen LogP contribution in [0.2, 0.25) is 0 Å². The Balaban J connectivity index is 2.85. The van der Waals surface area contributed by atoms with E-state index in [9.17, 15) is 14.7 Å². The number of hydrogen-bond acceptors (Lipinski definition) is 7. The fourth-order valence-corrected chi connectivity index (χ4v) is 4.32. The van der Waals surface area contributed by atoms with Gasteiger partial charge in [0.05, 0.1) is 29.3 Å². The normalized spacial score (nSPS) is 16.5. The zero-order valence-electron chi connectivity index (χ0n) is 27.8. The largest absolute Gasteiger partial charge is 0.493 e. The number of carbonyl (C=O) groups excluding carboxylic acids is 2. The van der Waals surface area contributed by atoms with Crippen LogP contribution in [0.3, 0.4) is 0 Å². The van der Waals surface area contributed by atoms with Crippen molar-refractivity contribution in [3.8, 4) is 11.5 Å². The highest BCUT2D eigenvalue weighted by atomic mass is 16.5. The average molecular weight is 555 g/mol. The van der Waals surface area contributed by atoms with E-state index in [4.69, 9.17) is 29.8 Å². The molecule has 4 atom stereocenters. The van der Waals surface area contributed by atoms with Gasteiger partial charge in [0, 0.05) is 38.6 Å². The summed E-state index contributed by atoms with van der Waals surface area (Å²) in [7, 11) is -0.871. The van der Waals surface area contributed by atoms with Crippen LogP contribution in [0.1, 0.15) is 70.5 Å². The molecule has 0 saturated carbocycles. The summed E-state index contributed by atoms with van der Waals surface area (Å²) in [5, 5.41) is 13.9. The van der Waals surface area contributed by atoms with Gasteiger partial charge in [-0.2, -0.15) is 0 Å². The quantitative estimate of drug-likeness (QED) is 0.192. The highest BCUT2D eigenvalue weighted by Crippen LogP contribution is 2.32. The Bertz CT molecular complexity index is 988. The summed E-state index contributed by atoms with van der Waals surface area (Å²) in [6, 6.07) is 5.17. The number of amides is 2. The Morgan fingerprint density at radius 2 is 1.79 bits per heavy atom. The van der Waals surface area contributed by atoms with Crippen LogP contribution in [-0.2, 0) is 20.7 Å². The number of nitrogens with two attached hydrogens (primary N) is 2. The van der Waals surface area contributed by atoms with Gasteiger partial charge in [-0.3, -0.25) is 9.59 Å². The summed E-state index contributed by atoms with van der Waals surface area (Å²) in [5.41, 5.74) is 12.1. The molecule has 0 unspecified atom stereocenters. The van der Waals surface area contributed by atoms with Crippen LogP contribution < -0.4 is 26.3 Å². The maximum absolute atomic E-state index is 13.0. The van der Waals surface area contributed by atoms with E-state index < -0.39 is 36.4 Å². The summed E-state index contributed by atoms with van der Waals surface area (Å²) in [6.45, 7) is 11.8. The van der Waals surface area contributed by atoms with Crippen molar-refractivity contribution in [2.75, 3.05) is 33.9 Å².